The molecule has 0 heterocycles. The van der Waals surface area contributed by atoms with E-state index in [1.54, 1.807) is 19.1 Å². The van der Waals surface area contributed by atoms with Gasteiger partial charge in [0.2, 0.25) is 17.7 Å². The van der Waals surface area contributed by atoms with Crippen LogP contribution in [0.3, 0.4) is 0 Å². The molecule has 1 aliphatic carbocycles. The van der Waals surface area contributed by atoms with Crippen molar-refractivity contribution in [3.8, 4) is 0 Å². The van der Waals surface area contributed by atoms with E-state index in [0.29, 0.717) is 36.9 Å². The molecule has 0 bridgehead atoms. The van der Waals surface area contributed by atoms with Crippen LogP contribution < -0.4 is 21.3 Å². The number of nitrogens with one attached hydrogen (secondary N) is 2. The first-order chi connectivity index (χ1) is 18.0. The topological polar surface area (TPSA) is 125 Å². The lowest BCUT2D eigenvalue weighted by Gasteiger charge is -2.36. The molecule has 1 saturated carbocycles. The highest BCUT2D eigenvalue weighted by Gasteiger charge is 2.36. The Morgan fingerprint density at radius 1 is 1.00 bits per heavy atom. The van der Waals surface area contributed by atoms with E-state index in [0.717, 1.165) is 25.7 Å². The summed E-state index contributed by atoms with van der Waals surface area (Å²) < 4.78 is 0. The maximum atomic E-state index is 13.9. The van der Waals surface area contributed by atoms with Gasteiger partial charge < -0.3 is 21.5 Å². The molecule has 2 rings (SSSR count). The molecule has 1 aromatic rings. The van der Waals surface area contributed by atoms with E-state index in [2.05, 4.69) is 10.6 Å². The zero-order valence-electron chi connectivity index (χ0n) is 24.0. The fourth-order valence-electron chi connectivity index (χ4n) is 5.14. The van der Waals surface area contributed by atoms with Crippen LogP contribution in [0.15, 0.2) is 30.3 Å². The molecular formula is C30H50N4O4. The second-order valence-corrected chi connectivity index (χ2v) is 11.8. The number of benzene rings is 1. The normalized spacial score (nSPS) is 17.5. The monoisotopic (exact) mass is 530 g/mol. The van der Waals surface area contributed by atoms with Gasteiger partial charge in [-0.05, 0) is 49.7 Å². The first kappa shape index (κ1) is 31.8. The summed E-state index contributed by atoms with van der Waals surface area (Å²) in [5, 5.41) is 17.1. The molecule has 0 spiro atoms. The Labute approximate surface area is 229 Å². The van der Waals surface area contributed by atoms with Gasteiger partial charge in [0.05, 0.1) is 24.6 Å². The first-order valence-electron chi connectivity index (χ1n) is 14.4. The fraction of sp³-hybridized carbons (Fsp3) is 0.700. The molecule has 8 nitrogen and oxygen atoms in total. The van der Waals surface area contributed by atoms with Gasteiger partial charge in [0.15, 0.2) is 0 Å². The van der Waals surface area contributed by atoms with Crippen molar-refractivity contribution in [2.75, 3.05) is 11.4 Å². The molecule has 8 heteroatoms. The second kappa shape index (κ2) is 15.8. The number of aliphatic hydroxyl groups excluding tert-OH is 1. The number of amides is 3. The molecule has 38 heavy (non-hydrogen) atoms. The Morgan fingerprint density at radius 2 is 1.63 bits per heavy atom. The third-order valence-electron chi connectivity index (χ3n) is 7.18. The Morgan fingerprint density at radius 3 is 2.18 bits per heavy atom. The molecule has 0 saturated heterocycles. The largest absolute Gasteiger partial charge is 0.390 e. The SMILES string of the molecule is CC(C)CNC(=O)C[C@H](O)[C@H](CC1CCCCC1)NC(=O)[C@H](CC(C)C)N(C(=O)C(C)N)c1ccccc1. The number of hydrogen-bond acceptors (Lipinski definition) is 5. The third kappa shape index (κ3) is 10.4. The molecule has 3 amide bonds. The lowest BCUT2D eigenvalue weighted by Crippen LogP contribution is -2.57. The van der Waals surface area contributed by atoms with Gasteiger partial charge in [-0.15, -0.1) is 0 Å². The maximum absolute atomic E-state index is 13.9. The van der Waals surface area contributed by atoms with Crippen molar-refractivity contribution >= 4 is 23.4 Å². The van der Waals surface area contributed by atoms with E-state index in [-0.39, 0.29) is 30.1 Å². The quantitative estimate of drug-likeness (QED) is 0.292. The molecule has 1 aromatic carbocycles. The van der Waals surface area contributed by atoms with Gasteiger partial charge in [0.1, 0.15) is 6.04 Å². The van der Waals surface area contributed by atoms with Crippen LogP contribution in [0.4, 0.5) is 5.69 Å². The molecule has 214 valence electrons. The summed E-state index contributed by atoms with van der Waals surface area (Å²) in [5.41, 5.74) is 6.62. The first-order valence-corrected chi connectivity index (χ1v) is 14.4. The van der Waals surface area contributed by atoms with Crippen LogP contribution in [-0.2, 0) is 14.4 Å². The van der Waals surface area contributed by atoms with Gasteiger partial charge in [0, 0.05) is 12.2 Å². The summed E-state index contributed by atoms with van der Waals surface area (Å²) in [6.07, 6.45) is 5.50. The van der Waals surface area contributed by atoms with E-state index in [9.17, 15) is 19.5 Å². The standard InChI is InChI=1S/C30H50N4O4/c1-20(2)16-26(34(30(38)22(5)31)24-14-10-7-11-15-24)29(37)33-25(17-23-12-8-6-9-13-23)27(35)18-28(36)32-19-21(3)4/h7,10-11,14-15,20-23,25-27,35H,6,8-9,12-13,16-19,31H2,1-5H3,(H,32,36)(H,33,37)/t22?,25-,26-,27-/m0/s1. The number of nitrogens with two attached hydrogens (primary N) is 1. The Hall–Kier alpha value is -2.45. The second-order valence-electron chi connectivity index (χ2n) is 11.8. The minimum absolute atomic E-state index is 0.0829. The van der Waals surface area contributed by atoms with Gasteiger partial charge in [-0.3, -0.25) is 19.3 Å². The van der Waals surface area contributed by atoms with Crippen LogP contribution in [0.25, 0.3) is 0 Å². The lowest BCUT2D eigenvalue weighted by atomic mass is 9.83. The smallest absolute Gasteiger partial charge is 0.244 e. The van der Waals surface area contributed by atoms with Gasteiger partial charge in [-0.1, -0.05) is 78.0 Å². The average molecular weight is 531 g/mol. The molecule has 4 atom stereocenters. The highest BCUT2D eigenvalue weighted by Crippen LogP contribution is 2.29. The zero-order chi connectivity index (χ0) is 28.2. The number of para-hydroxylation sites is 1. The minimum atomic E-state index is -1.03. The number of rotatable bonds is 14. The predicted molar refractivity (Wildman–Crippen MR) is 152 cm³/mol. The summed E-state index contributed by atoms with van der Waals surface area (Å²) in [6.45, 7) is 10.2. The summed E-state index contributed by atoms with van der Waals surface area (Å²) in [4.78, 5) is 41.2. The molecule has 1 aliphatic rings. The van der Waals surface area contributed by atoms with Crippen molar-refractivity contribution in [3.63, 3.8) is 0 Å². The summed E-state index contributed by atoms with van der Waals surface area (Å²) in [7, 11) is 0. The van der Waals surface area contributed by atoms with Crippen LogP contribution in [0, 0.1) is 17.8 Å². The molecule has 1 fully saturated rings. The Balaban J connectivity index is 2.32. The molecule has 5 N–H and O–H groups in total. The van der Waals surface area contributed by atoms with Gasteiger partial charge in [-0.25, -0.2) is 0 Å². The number of anilines is 1. The zero-order valence-corrected chi connectivity index (χ0v) is 24.0. The molecular weight excluding hydrogens is 480 g/mol. The van der Waals surface area contributed by atoms with Crippen LogP contribution in [0.2, 0.25) is 0 Å². The van der Waals surface area contributed by atoms with E-state index in [1.807, 2.05) is 45.9 Å². The van der Waals surface area contributed by atoms with Crippen LogP contribution in [0.5, 0.6) is 0 Å². The Kier molecular flexibility index (Phi) is 13.2. The van der Waals surface area contributed by atoms with Crippen LogP contribution >= 0.6 is 0 Å². The van der Waals surface area contributed by atoms with E-state index >= 15 is 0 Å². The number of nitrogens with zero attached hydrogens (tertiary/aromatic N) is 1. The van der Waals surface area contributed by atoms with Crippen LogP contribution in [-0.4, -0.2) is 53.6 Å². The number of hydrogen-bond donors (Lipinski definition) is 4. The highest BCUT2D eigenvalue weighted by atomic mass is 16.3. The van der Waals surface area contributed by atoms with Crippen LogP contribution in [0.1, 0.15) is 86.0 Å². The van der Waals surface area contributed by atoms with Crippen molar-refractivity contribution < 1.29 is 19.5 Å². The average Bonchev–Trinajstić information content (AvgIpc) is 2.87. The van der Waals surface area contributed by atoms with Crippen molar-refractivity contribution in [2.24, 2.45) is 23.5 Å². The summed E-state index contributed by atoms with van der Waals surface area (Å²) in [6, 6.07) is 6.93. The minimum Gasteiger partial charge on any atom is -0.390 e. The van der Waals surface area contributed by atoms with Gasteiger partial charge in [-0.2, -0.15) is 0 Å². The molecule has 0 aromatic heterocycles. The lowest BCUT2D eigenvalue weighted by molar-refractivity contribution is -0.129. The summed E-state index contributed by atoms with van der Waals surface area (Å²) in [5.74, 6) is -0.0975. The van der Waals surface area contributed by atoms with E-state index in [4.69, 9.17) is 5.73 Å². The molecule has 0 radical (unpaired) electrons. The number of carbonyl (C=O) groups is 3. The highest BCUT2D eigenvalue weighted by molar-refractivity contribution is 6.03. The number of aliphatic hydroxyl groups is 1. The van der Waals surface area contributed by atoms with E-state index in [1.165, 1.54) is 11.3 Å². The van der Waals surface area contributed by atoms with Gasteiger partial charge >= 0.3 is 0 Å². The number of carbonyl (C=O) groups excluding carboxylic acids is 3. The van der Waals surface area contributed by atoms with Crippen molar-refractivity contribution in [3.05, 3.63) is 30.3 Å². The van der Waals surface area contributed by atoms with Crippen molar-refractivity contribution in [1.82, 2.24) is 10.6 Å². The molecule has 0 aliphatic heterocycles. The van der Waals surface area contributed by atoms with E-state index < -0.39 is 24.2 Å². The van der Waals surface area contributed by atoms with Crippen molar-refractivity contribution in [1.29, 1.82) is 0 Å². The predicted octanol–water partition coefficient (Wildman–Crippen LogP) is 3.76. The Bertz CT molecular complexity index is 868. The third-order valence-corrected chi connectivity index (χ3v) is 7.18. The molecule has 1 unspecified atom stereocenters. The fourth-order valence-corrected chi connectivity index (χ4v) is 5.14. The maximum Gasteiger partial charge on any atom is 0.244 e. The van der Waals surface area contributed by atoms with Crippen molar-refractivity contribution in [2.45, 2.75) is 110 Å². The van der Waals surface area contributed by atoms with Gasteiger partial charge in [0.25, 0.3) is 0 Å². The summed E-state index contributed by atoms with van der Waals surface area (Å²) >= 11 is 0.